The highest BCUT2D eigenvalue weighted by Crippen LogP contribution is 2.38. The fraction of sp³-hybridized carbons (Fsp3) is 0.643. The minimum absolute atomic E-state index is 0.977. The summed E-state index contributed by atoms with van der Waals surface area (Å²) in [5.74, 6) is 2.99. The van der Waals surface area contributed by atoms with Gasteiger partial charge in [0.1, 0.15) is 5.82 Å². The lowest BCUT2D eigenvalue weighted by Gasteiger charge is -2.18. The number of nitrogens with zero attached hydrogens (tertiary/aromatic N) is 2. The topological polar surface area (TPSA) is 28.2 Å². The number of aromatic nitrogens is 1. The van der Waals surface area contributed by atoms with Gasteiger partial charge in [-0.15, -0.1) is 0 Å². The van der Waals surface area contributed by atoms with Gasteiger partial charge in [0.05, 0.1) is 0 Å². The van der Waals surface area contributed by atoms with Crippen LogP contribution in [0.2, 0.25) is 0 Å². The molecule has 1 aromatic rings. The van der Waals surface area contributed by atoms with Gasteiger partial charge in [0, 0.05) is 38.4 Å². The molecule has 3 heteroatoms. The van der Waals surface area contributed by atoms with E-state index in [-0.39, 0.29) is 0 Å². The molecule has 1 aliphatic carbocycles. The van der Waals surface area contributed by atoms with Gasteiger partial charge >= 0.3 is 0 Å². The average Bonchev–Trinajstić information content (AvgIpc) is 2.90. The van der Waals surface area contributed by atoms with Crippen LogP contribution < -0.4 is 5.32 Å². The smallest absolute Gasteiger partial charge is 0.130 e. The number of anilines is 1. The van der Waals surface area contributed by atoms with Crippen LogP contribution in [0.4, 0.5) is 5.82 Å². The van der Waals surface area contributed by atoms with Crippen LogP contribution in [0.25, 0.3) is 0 Å². The Morgan fingerprint density at radius 2 is 2.12 bits per heavy atom. The number of hydrogen-bond acceptors (Lipinski definition) is 3. The monoisotopic (exact) mass is 231 g/mol. The van der Waals surface area contributed by atoms with Crippen LogP contribution in [0.1, 0.15) is 24.8 Å². The molecular formula is C14H21N3. The zero-order valence-corrected chi connectivity index (χ0v) is 10.5. The molecule has 1 saturated carbocycles. The number of likely N-dealkylation sites (tertiary alicyclic amines) is 1. The maximum absolute atomic E-state index is 4.37. The van der Waals surface area contributed by atoms with Crippen molar-refractivity contribution in [1.29, 1.82) is 0 Å². The third kappa shape index (κ3) is 2.16. The summed E-state index contributed by atoms with van der Waals surface area (Å²) in [7, 11) is 1.95. The van der Waals surface area contributed by atoms with Crippen molar-refractivity contribution in [3.63, 3.8) is 0 Å². The molecular weight excluding hydrogens is 210 g/mol. The van der Waals surface area contributed by atoms with Gasteiger partial charge in [-0.3, -0.25) is 4.90 Å². The third-order valence-corrected chi connectivity index (χ3v) is 4.32. The van der Waals surface area contributed by atoms with E-state index in [4.69, 9.17) is 0 Å². The van der Waals surface area contributed by atoms with E-state index in [1.54, 1.807) is 0 Å². The van der Waals surface area contributed by atoms with E-state index in [2.05, 4.69) is 21.3 Å². The summed E-state index contributed by atoms with van der Waals surface area (Å²) in [6.45, 7) is 3.64. The van der Waals surface area contributed by atoms with Gasteiger partial charge in [-0.05, 0) is 30.7 Å². The Labute approximate surface area is 103 Å². The molecule has 2 fully saturated rings. The standard InChI is InChI=1S/C14H21N3/c1-15-14-13(6-3-7-16-14)10-17-8-11-4-2-5-12(11)9-17/h3,6-7,11-12H,2,4-5,8-10H2,1H3,(H,15,16). The van der Waals surface area contributed by atoms with E-state index in [1.165, 1.54) is 37.9 Å². The van der Waals surface area contributed by atoms with Crippen molar-refractivity contribution in [1.82, 2.24) is 9.88 Å². The molecule has 0 bridgehead atoms. The average molecular weight is 231 g/mol. The molecule has 1 N–H and O–H groups in total. The first-order chi connectivity index (χ1) is 8.36. The number of hydrogen-bond donors (Lipinski definition) is 1. The first-order valence-corrected chi connectivity index (χ1v) is 6.71. The maximum Gasteiger partial charge on any atom is 0.130 e. The molecule has 0 amide bonds. The largest absolute Gasteiger partial charge is 0.373 e. The van der Waals surface area contributed by atoms with Crippen molar-refractivity contribution in [2.45, 2.75) is 25.8 Å². The summed E-state index contributed by atoms with van der Waals surface area (Å²) in [6, 6.07) is 4.22. The lowest BCUT2D eigenvalue weighted by molar-refractivity contribution is 0.303. The SMILES string of the molecule is CNc1ncccc1CN1CC2CCCC2C1. The molecule has 1 aromatic heterocycles. The van der Waals surface area contributed by atoms with Crippen LogP contribution in [0.3, 0.4) is 0 Å². The van der Waals surface area contributed by atoms with Gasteiger partial charge in [0.2, 0.25) is 0 Å². The zero-order valence-electron chi connectivity index (χ0n) is 10.5. The highest BCUT2D eigenvalue weighted by molar-refractivity contribution is 5.42. The first-order valence-electron chi connectivity index (χ1n) is 6.71. The third-order valence-electron chi connectivity index (χ3n) is 4.32. The Bertz CT molecular complexity index is 379. The first kappa shape index (κ1) is 11.0. The minimum atomic E-state index is 0.977. The fourth-order valence-electron chi connectivity index (χ4n) is 3.49. The molecule has 0 aromatic carbocycles. The quantitative estimate of drug-likeness (QED) is 0.865. The molecule has 2 unspecified atom stereocenters. The molecule has 3 nitrogen and oxygen atoms in total. The highest BCUT2D eigenvalue weighted by atomic mass is 15.2. The number of pyridine rings is 1. The van der Waals surface area contributed by atoms with Crippen LogP contribution >= 0.6 is 0 Å². The van der Waals surface area contributed by atoms with Crippen molar-refractivity contribution < 1.29 is 0 Å². The number of rotatable bonds is 3. The van der Waals surface area contributed by atoms with E-state index in [0.29, 0.717) is 0 Å². The minimum Gasteiger partial charge on any atom is -0.373 e. The second-order valence-corrected chi connectivity index (χ2v) is 5.41. The van der Waals surface area contributed by atoms with Crippen molar-refractivity contribution >= 4 is 5.82 Å². The lowest BCUT2D eigenvalue weighted by Crippen LogP contribution is -2.21. The predicted molar refractivity (Wildman–Crippen MR) is 69.9 cm³/mol. The van der Waals surface area contributed by atoms with Crippen molar-refractivity contribution in [3.05, 3.63) is 23.9 Å². The van der Waals surface area contributed by atoms with E-state index >= 15 is 0 Å². The maximum atomic E-state index is 4.37. The molecule has 3 rings (SSSR count). The number of nitrogens with one attached hydrogen (secondary N) is 1. The summed E-state index contributed by atoms with van der Waals surface area (Å²) in [5.41, 5.74) is 1.33. The zero-order chi connectivity index (χ0) is 11.7. The van der Waals surface area contributed by atoms with Crippen LogP contribution in [-0.4, -0.2) is 30.0 Å². The molecule has 17 heavy (non-hydrogen) atoms. The van der Waals surface area contributed by atoms with E-state index in [0.717, 1.165) is 24.2 Å². The summed E-state index contributed by atoms with van der Waals surface area (Å²) < 4.78 is 0. The normalized spacial score (nSPS) is 28.3. The van der Waals surface area contributed by atoms with Gasteiger partial charge in [0.25, 0.3) is 0 Å². The van der Waals surface area contributed by atoms with Gasteiger partial charge in [-0.25, -0.2) is 4.98 Å². The van der Waals surface area contributed by atoms with Gasteiger partial charge in [-0.2, -0.15) is 0 Å². The molecule has 2 aliphatic rings. The van der Waals surface area contributed by atoms with E-state index in [9.17, 15) is 0 Å². The molecule has 2 atom stereocenters. The molecule has 92 valence electrons. The Kier molecular flexibility index (Phi) is 3.02. The van der Waals surface area contributed by atoms with Gasteiger partial charge < -0.3 is 5.32 Å². The van der Waals surface area contributed by atoms with Gasteiger partial charge in [-0.1, -0.05) is 12.5 Å². The molecule has 0 spiro atoms. The molecule has 2 heterocycles. The number of fused-ring (bicyclic) bond motifs is 1. The second kappa shape index (κ2) is 4.65. The summed E-state index contributed by atoms with van der Waals surface area (Å²) in [5, 5.41) is 3.18. The van der Waals surface area contributed by atoms with E-state index in [1.807, 2.05) is 19.3 Å². The second-order valence-electron chi connectivity index (χ2n) is 5.41. The van der Waals surface area contributed by atoms with Crippen LogP contribution in [0, 0.1) is 11.8 Å². The predicted octanol–water partition coefficient (Wildman–Crippen LogP) is 2.36. The lowest BCUT2D eigenvalue weighted by atomic mass is 10.0. The van der Waals surface area contributed by atoms with Crippen LogP contribution in [0.5, 0.6) is 0 Å². The van der Waals surface area contributed by atoms with Crippen molar-refractivity contribution in [2.24, 2.45) is 11.8 Å². The molecule has 0 radical (unpaired) electrons. The Morgan fingerprint density at radius 1 is 1.35 bits per heavy atom. The summed E-state index contributed by atoms with van der Waals surface area (Å²) in [4.78, 5) is 6.98. The van der Waals surface area contributed by atoms with Crippen LogP contribution in [0.15, 0.2) is 18.3 Å². The molecule has 1 saturated heterocycles. The van der Waals surface area contributed by atoms with Crippen molar-refractivity contribution in [2.75, 3.05) is 25.5 Å². The van der Waals surface area contributed by atoms with Gasteiger partial charge in [0.15, 0.2) is 0 Å². The summed E-state index contributed by atoms with van der Waals surface area (Å²) in [6.07, 6.45) is 6.21. The molecule has 1 aliphatic heterocycles. The Balaban J connectivity index is 1.67. The summed E-state index contributed by atoms with van der Waals surface area (Å²) >= 11 is 0. The van der Waals surface area contributed by atoms with Crippen LogP contribution in [-0.2, 0) is 6.54 Å². The highest BCUT2D eigenvalue weighted by Gasteiger charge is 2.35. The Hall–Kier alpha value is -1.09. The fourth-order valence-corrected chi connectivity index (χ4v) is 3.49. The van der Waals surface area contributed by atoms with E-state index < -0.39 is 0 Å². The Morgan fingerprint density at radius 3 is 2.82 bits per heavy atom. The van der Waals surface area contributed by atoms with Crippen molar-refractivity contribution in [3.8, 4) is 0 Å².